The van der Waals surface area contributed by atoms with E-state index in [1.54, 1.807) is 14.0 Å². The fourth-order valence-corrected chi connectivity index (χ4v) is 3.29. The summed E-state index contributed by atoms with van der Waals surface area (Å²) in [5.74, 6) is 0. The molecule has 0 amide bonds. The summed E-state index contributed by atoms with van der Waals surface area (Å²) < 4.78 is 18.1. The van der Waals surface area contributed by atoms with Crippen molar-refractivity contribution in [2.75, 3.05) is 46.4 Å². The maximum absolute atomic E-state index is 12.8. The molecule has 0 saturated carbocycles. The first-order valence-electron chi connectivity index (χ1n) is 6.52. The number of aliphatic hydroxyl groups excluding tert-OH is 1. The Balaban J connectivity index is 2.10. The Hall–Kier alpha value is -0.490. The van der Waals surface area contributed by atoms with Crippen molar-refractivity contribution in [1.82, 2.24) is 9.80 Å². The highest BCUT2D eigenvalue weighted by Gasteiger charge is 2.46. The molecule has 0 aromatic carbocycles. The molecule has 0 aromatic rings. The SMILES string of the molecule is COC[C@]12C/C(=C\F)CN1CCN(C[C@@H](C)O)C2. The summed E-state index contributed by atoms with van der Waals surface area (Å²) in [5, 5.41) is 9.50. The largest absolute Gasteiger partial charge is 0.392 e. The normalized spacial score (nSPS) is 33.9. The number of ether oxygens (including phenoxy) is 1. The van der Waals surface area contributed by atoms with Crippen molar-refractivity contribution in [2.45, 2.75) is 25.0 Å². The monoisotopic (exact) mass is 258 g/mol. The number of β-amino-alcohol motifs (C(OH)–C–C–N with tert-alkyl or cyclic N) is 1. The van der Waals surface area contributed by atoms with Crippen LogP contribution in [0.3, 0.4) is 0 Å². The third-order valence-corrected chi connectivity index (χ3v) is 3.91. The third kappa shape index (κ3) is 2.74. The molecule has 2 heterocycles. The summed E-state index contributed by atoms with van der Waals surface area (Å²) in [6, 6.07) is 0. The van der Waals surface area contributed by atoms with E-state index < -0.39 is 0 Å². The van der Waals surface area contributed by atoms with Crippen LogP contribution in [0.2, 0.25) is 0 Å². The number of aliphatic hydroxyl groups is 1. The van der Waals surface area contributed by atoms with Gasteiger partial charge in [-0.05, 0) is 18.9 Å². The Kier molecular flexibility index (Phi) is 4.37. The average Bonchev–Trinajstić information content (AvgIpc) is 2.66. The zero-order valence-electron chi connectivity index (χ0n) is 11.2. The lowest BCUT2D eigenvalue weighted by Crippen LogP contribution is -2.62. The van der Waals surface area contributed by atoms with Gasteiger partial charge in [-0.1, -0.05) is 0 Å². The lowest BCUT2D eigenvalue weighted by Gasteiger charge is -2.46. The fraction of sp³-hybridized carbons (Fsp3) is 0.846. The van der Waals surface area contributed by atoms with Crippen LogP contribution in [0, 0.1) is 0 Å². The number of hydrogen-bond donors (Lipinski definition) is 1. The standard InChI is InChI=1S/C13H23FN2O2/c1-11(17)7-15-3-4-16-8-12(6-14)5-13(16,9-15)10-18-2/h6,11,17H,3-5,7-10H2,1-2H3/b12-6+/t11-,13-/m1/s1. The van der Waals surface area contributed by atoms with Gasteiger partial charge in [0.1, 0.15) is 0 Å². The summed E-state index contributed by atoms with van der Waals surface area (Å²) >= 11 is 0. The van der Waals surface area contributed by atoms with E-state index in [4.69, 9.17) is 4.74 Å². The van der Waals surface area contributed by atoms with Crippen LogP contribution in [0.25, 0.3) is 0 Å². The van der Waals surface area contributed by atoms with Gasteiger partial charge >= 0.3 is 0 Å². The zero-order chi connectivity index (χ0) is 13.2. The summed E-state index contributed by atoms with van der Waals surface area (Å²) in [5.41, 5.74) is 0.741. The highest BCUT2D eigenvalue weighted by Crippen LogP contribution is 2.36. The van der Waals surface area contributed by atoms with E-state index in [2.05, 4.69) is 9.80 Å². The molecule has 2 saturated heterocycles. The van der Waals surface area contributed by atoms with E-state index in [1.807, 2.05) is 0 Å². The maximum atomic E-state index is 12.8. The second-order valence-corrected chi connectivity index (χ2v) is 5.61. The molecule has 0 bridgehead atoms. The number of hydrogen-bond acceptors (Lipinski definition) is 4. The summed E-state index contributed by atoms with van der Waals surface area (Å²) in [4.78, 5) is 4.57. The molecule has 0 unspecified atom stereocenters. The quantitative estimate of drug-likeness (QED) is 0.802. The predicted octanol–water partition coefficient (Wildman–Crippen LogP) is 0.627. The van der Waals surface area contributed by atoms with E-state index >= 15 is 0 Å². The first-order valence-corrected chi connectivity index (χ1v) is 6.52. The first kappa shape index (κ1) is 13.9. The Morgan fingerprint density at radius 3 is 2.94 bits per heavy atom. The summed E-state index contributed by atoms with van der Waals surface area (Å²) in [6.07, 6.45) is 1.15. The van der Waals surface area contributed by atoms with Gasteiger partial charge in [-0.25, -0.2) is 4.39 Å². The van der Waals surface area contributed by atoms with E-state index in [9.17, 15) is 9.50 Å². The lowest BCUT2D eigenvalue weighted by molar-refractivity contribution is -0.0327. The van der Waals surface area contributed by atoms with Gasteiger partial charge in [-0.2, -0.15) is 0 Å². The maximum Gasteiger partial charge on any atom is 0.0872 e. The number of fused-ring (bicyclic) bond motifs is 1. The van der Waals surface area contributed by atoms with Crippen molar-refractivity contribution in [1.29, 1.82) is 0 Å². The number of piperazine rings is 1. The van der Waals surface area contributed by atoms with Gasteiger partial charge in [0.05, 0.1) is 24.6 Å². The molecule has 18 heavy (non-hydrogen) atoms. The molecule has 4 nitrogen and oxygen atoms in total. The van der Waals surface area contributed by atoms with E-state index in [1.165, 1.54) is 0 Å². The molecular formula is C13H23FN2O2. The molecule has 1 N–H and O–H groups in total. The Morgan fingerprint density at radius 2 is 2.33 bits per heavy atom. The van der Waals surface area contributed by atoms with Gasteiger partial charge in [0, 0.05) is 39.8 Å². The molecule has 2 atom stereocenters. The molecule has 5 heteroatoms. The van der Waals surface area contributed by atoms with Gasteiger partial charge in [-0.3, -0.25) is 9.80 Å². The Labute approximate surface area is 108 Å². The minimum Gasteiger partial charge on any atom is -0.392 e. The van der Waals surface area contributed by atoms with Crippen molar-refractivity contribution in [3.05, 3.63) is 11.9 Å². The lowest BCUT2D eigenvalue weighted by atomic mass is 9.93. The molecule has 0 aromatic heterocycles. The highest BCUT2D eigenvalue weighted by atomic mass is 19.1. The van der Waals surface area contributed by atoms with Crippen LogP contribution in [0.5, 0.6) is 0 Å². The Bertz CT molecular complexity index is 322. The van der Waals surface area contributed by atoms with Crippen molar-refractivity contribution < 1.29 is 14.2 Å². The van der Waals surface area contributed by atoms with Gasteiger partial charge in [0.2, 0.25) is 0 Å². The minimum atomic E-state index is -0.325. The van der Waals surface area contributed by atoms with E-state index in [-0.39, 0.29) is 11.6 Å². The molecule has 2 aliphatic heterocycles. The van der Waals surface area contributed by atoms with Crippen molar-refractivity contribution in [3.63, 3.8) is 0 Å². The molecular weight excluding hydrogens is 235 g/mol. The highest BCUT2D eigenvalue weighted by molar-refractivity contribution is 5.19. The van der Waals surface area contributed by atoms with Crippen LogP contribution in [-0.4, -0.2) is 73.0 Å². The van der Waals surface area contributed by atoms with Crippen molar-refractivity contribution in [2.24, 2.45) is 0 Å². The smallest absolute Gasteiger partial charge is 0.0872 e. The number of rotatable bonds is 4. The van der Waals surface area contributed by atoms with Crippen molar-refractivity contribution in [3.8, 4) is 0 Å². The molecule has 0 spiro atoms. The van der Waals surface area contributed by atoms with E-state index in [0.29, 0.717) is 19.7 Å². The molecule has 0 aliphatic carbocycles. The predicted molar refractivity (Wildman–Crippen MR) is 68.1 cm³/mol. The molecule has 2 rings (SSSR count). The van der Waals surface area contributed by atoms with Crippen molar-refractivity contribution >= 4 is 0 Å². The topological polar surface area (TPSA) is 35.9 Å². The van der Waals surface area contributed by atoms with Crippen LogP contribution in [0.15, 0.2) is 11.9 Å². The number of halogens is 1. The van der Waals surface area contributed by atoms with Crippen LogP contribution in [0.1, 0.15) is 13.3 Å². The minimum absolute atomic E-state index is 0.111. The molecule has 104 valence electrons. The second kappa shape index (κ2) is 5.65. The summed E-state index contributed by atoms with van der Waals surface area (Å²) in [7, 11) is 1.69. The first-order chi connectivity index (χ1) is 8.59. The molecule has 2 aliphatic rings. The van der Waals surface area contributed by atoms with Gasteiger partial charge in [0.25, 0.3) is 0 Å². The number of methoxy groups -OCH3 is 1. The van der Waals surface area contributed by atoms with E-state index in [0.717, 1.165) is 38.0 Å². The number of nitrogens with zero attached hydrogens (tertiary/aromatic N) is 2. The fourth-order valence-electron chi connectivity index (χ4n) is 3.29. The molecule has 2 fully saturated rings. The van der Waals surface area contributed by atoms with Crippen LogP contribution >= 0.6 is 0 Å². The van der Waals surface area contributed by atoms with Gasteiger partial charge in [-0.15, -0.1) is 0 Å². The molecule has 0 radical (unpaired) electrons. The third-order valence-electron chi connectivity index (χ3n) is 3.91. The van der Waals surface area contributed by atoms with Gasteiger partial charge < -0.3 is 9.84 Å². The van der Waals surface area contributed by atoms with Crippen LogP contribution in [0.4, 0.5) is 4.39 Å². The summed E-state index contributed by atoms with van der Waals surface area (Å²) in [6.45, 7) is 6.47. The zero-order valence-corrected chi connectivity index (χ0v) is 11.2. The second-order valence-electron chi connectivity index (χ2n) is 5.61. The Morgan fingerprint density at radius 1 is 1.56 bits per heavy atom. The average molecular weight is 258 g/mol. The van der Waals surface area contributed by atoms with Crippen LogP contribution in [-0.2, 0) is 4.74 Å². The van der Waals surface area contributed by atoms with Crippen LogP contribution < -0.4 is 0 Å². The van der Waals surface area contributed by atoms with Gasteiger partial charge in [0.15, 0.2) is 0 Å².